The van der Waals surface area contributed by atoms with Gasteiger partial charge in [-0.3, -0.25) is 4.98 Å². The average molecular weight is 294 g/mol. The van der Waals surface area contributed by atoms with Gasteiger partial charge in [0.1, 0.15) is 0 Å². The Bertz CT molecular complexity index is 550. The lowest BCUT2D eigenvalue weighted by Crippen LogP contribution is -2.23. The number of nitrogens with zero attached hydrogens (tertiary/aromatic N) is 1. The van der Waals surface area contributed by atoms with Gasteiger partial charge in [0.2, 0.25) is 0 Å². The molecule has 2 nitrogen and oxygen atoms in total. The number of pyridine rings is 1. The molecule has 0 bridgehead atoms. The number of alkyl halides is 3. The molecule has 0 saturated carbocycles. The molecule has 1 unspecified atom stereocenters. The third-order valence-electron chi connectivity index (χ3n) is 3.28. The number of rotatable bonds is 5. The molecule has 0 aliphatic heterocycles. The zero-order valence-electron chi connectivity index (χ0n) is 11.7. The lowest BCUT2D eigenvalue weighted by Gasteiger charge is -2.19. The van der Waals surface area contributed by atoms with Crippen LogP contribution < -0.4 is 5.32 Å². The molecule has 0 spiro atoms. The van der Waals surface area contributed by atoms with Gasteiger partial charge in [-0.25, -0.2) is 0 Å². The van der Waals surface area contributed by atoms with Gasteiger partial charge in [-0.15, -0.1) is 0 Å². The molecule has 0 radical (unpaired) electrons. The highest BCUT2D eigenvalue weighted by atomic mass is 19.4. The highest BCUT2D eigenvalue weighted by Gasteiger charge is 2.30. The molecule has 21 heavy (non-hydrogen) atoms. The van der Waals surface area contributed by atoms with E-state index in [1.807, 2.05) is 19.1 Å². The van der Waals surface area contributed by atoms with Gasteiger partial charge >= 0.3 is 6.18 Å². The van der Waals surface area contributed by atoms with Gasteiger partial charge in [-0.2, -0.15) is 13.2 Å². The fourth-order valence-electron chi connectivity index (χ4n) is 2.21. The first kappa shape index (κ1) is 15.5. The van der Waals surface area contributed by atoms with Crippen LogP contribution in [-0.4, -0.2) is 11.5 Å². The molecule has 2 rings (SSSR count). The van der Waals surface area contributed by atoms with Crippen molar-refractivity contribution in [1.82, 2.24) is 10.3 Å². The number of benzene rings is 1. The minimum absolute atomic E-state index is 0.0142. The number of likely N-dealkylation sites (N-methyl/N-ethyl adjacent to an activating group) is 1. The van der Waals surface area contributed by atoms with Crippen LogP contribution in [0, 0.1) is 0 Å². The van der Waals surface area contributed by atoms with Crippen molar-refractivity contribution < 1.29 is 13.2 Å². The summed E-state index contributed by atoms with van der Waals surface area (Å²) in [7, 11) is 0. The van der Waals surface area contributed by atoms with Gasteiger partial charge in [0, 0.05) is 18.4 Å². The molecule has 1 heterocycles. The second-order valence-corrected chi connectivity index (χ2v) is 4.79. The summed E-state index contributed by atoms with van der Waals surface area (Å²) in [4.78, 5) is 3.96. The molecule has 0 aliphatic rings. The monoisotopic (exact) mass is 294 g/mol. The van der Waals surface area contributed by atoms with Crippen molar-refractivity contribution in [3.05, 3.63) is 65.5 Å². The largest absolute Gasteiger partial charge is 0.416 e. The standard InChI is InChI=1S/C16H17F3N2/c1-2-21-15(11-12-7-9-20-10-8-12)13-3-5-14(6-4-13)16(17,18)19/h3-10,15,21H,2,11H2,1H3. The number of nitrogens with one attached hydrogen (secondary N) is 1. The van der Waals surface area contributed by atoms with E-state index in [1.54, 1.807) is 12.4 Å². The Morgan fingerprint density at radius 2 is 1.67 bits per heavy atom. The van der Waals surface area contributed by atoms with E-state index in [1.165, 1.54) is 12.1 Å². The summed E-state index contributed by atoms with van der Waals surface area (Å²) in [5, 5.41) is 3.30. The molecule has 112 valence electrons. The molecule has 0 fully saturated rings. The Morgan fingerprint density at radius 3 is 2.19 bits per heavy atom. The number of aromatic nitrogens is 1. The zero-order chi connectivity index (χ0) is 15.3. The van der Waals surface area contributed by atoms with E-state index in [-0.39, 0.29) is 6.04 Å². The average Bonchev–Trinajstić information content (AvgIpc) is 2.47. The highest BCUT2D eigenvalue weighted by Crippen LogP contribution is 2.30. The lowest BCUT2D eigenvalue weighted by atomic mass is 9.98. The van der Waals surface area contributed by atoms with Gasteiger partial charge in [0.15, 0.2) is 0 Å². The Labute approximate surface area is 122 Å². The summed E-state index contributed by atoms with van der Waals surface area (Å²) in [5.41, 5.74) is 1.32. The van der Waals surface area contributed by atoms with E-state index in [4.69, 9.17) is 0 Å². The van der Waals surface area contributed by atoms with Crippen LogP contribution in [0.4, 0.5) is 13.2 Å². The third-order valence-corrected chi connectivity index (χ3v) is 3.28. The van der Waals surface area contributed by atoms with Gasteiger partial charge in [0.05, 0.1) is 5.56 Å². The molecule has 2 aromatic rings. The van der Waals surface area contributed by atoms with E-state index in [9.17, 15) is 13.2 Å². The predicted octanol–water partition coefficient (Wildman–Crippen LogP) is 3.99. The minimum Gasteiger partial charge on any atom is -0.310 e. The Morgan fingerprint density at radius 1 is 1.05 bits per heavy atom. The molecule has 0 aliphatic carbocycles. The molecule has 0 amide bonds. The molecule has 5 heteroatoms. The van der Waals surface area contributed by atoms with Crippen LogP contribution in [0.1, 0.15) is 29.7 Å². The normalized spacial score (nSPS) is 13.1. The number of hydrogen-bond donors (Lipinski definition) is 1. The molecule has 0 saturated heterocycles. The topological polar surface area (TPSA) is 24.9 Å². The number of hydrogen-bond acceptors (Lipinski definition) is 2. The van der Waals surface area contributed by atoms with E-state index < -0.39 is 11.7 Å². The van der Waals surface area contributed by atoms with Crippen LogP contribution in [0.15, 0.2) is 48.8 Å². The Balaban J connectivity index is 2.18. The summed E-state index contributed by atoms with van der Waals surface area (Å²) >= 11 is 0. The SMILES string of the molecule is CCNC(Cc1ccncc1)c1ccc(C(F)(F)F)cc1. The Kier molecular flexibility index (Phi) is 4.96. The lowest BCUT2D eigenvalue weighted by molar-refractivity contribution is -0.137. The van der Waals surface area contributed by atoms with Gasteiger partial charge in [-0.05, 0) is 48.4 Å². The first-order valence-corrected chi connectivity index (χ1v) is 6.80. The van der Waals surface area contributed by atoms with Crippen LogP contribution >= 0.6 is 0 Å². The van der Waals surface area contributed by atoms with Crippen molar-refractivity contribution in [1.29, 1.82) is 0 Å². The maximum absolute atomic E-state index is 12.6. The summed E-state index contributed by atoms with van der Waals surface area (Å²) in [5.74, 6) is 0. The van der Waals surface area contributed by atoms with Crippen molar-refractivity contribution in [3.8, 4) is 0 Å². The van der Waals surface area contributed by atoms with E-state index in [2.05, 4.69) is 10.3 Å². The molecule has 1 aromatic heterocycles. The summed E-state index contributed by atoms with van der Waals surface area (Å²) in [6.45, 7) is 2.72. The maximum Gasteiger partial charge on any atom is 0.416 e. The fourth-order valence-corrected chi connectivity index (χ4v) is 2.21. The molecule has 1 N–H and O–H groups in total. The summed E-state index contributed by atoms with van der Waals surface area (Å²) in [6, 6.07) is 9.15. The zero-order valence-corrected chi connectivity index (χ0v) is 11.7. The molecular formula is C16H17F3N2. The molecule has 1 aromatic carbocycles. The van der Waals surface area contributed by atoms with Crippen molar-refractivity contribution in [2.24, 2.45) is 0 Å². The van der Waals surface area contributed by atoms with Crippen LogP contribution in [0.3, 0.4) is 0 Å². The first-order valence-electron chi connectivity index (χ1n) is 6.80. The van der Waals surface area contributed by atoms with E-state index in [0.717, 1.165) is 29.8 Å². The number of halogens is 3. The van der Waals surface area contributed by atoms with Crippen molar-refractivity contribution >= 4 is 0 Å². The molecular weight excluding hydrogens is 277 g/mol. The van der Waals surface area contributed by atoms with Gasteiger partial charge in [-0.1, -0.05) is 19.1 Å². The predicted molar refractivity (Wildman–Crippen MR) is 75.8 cm³/mol. The van der Waals surface area contributed by atoms with Crippen molar-refractivity contribution in [3.63, 3.8) is 0 Å². The second kappa shape index (κ2) is 6.72. The fraction of sp³-hybridized carbons (Fsp3) is 0.312. The smallest absolute Gasteiger partial charge is 0.310 e. The van der Waals surface area contributed by atoms with Gasteiger partial charge in [0.25, 0.3) is 0 Å². The van der Waals surface area contributed by atoms with Crippen LogP contribution in [0.5, 0.6) is 0 Å². The first-order chi connectivity index (χ1) is 10.0. The molecule has 1 atom stereocenters. The third kappa shape index (κ3) is 4.29. The van der Waals surface area contributed by atoms with Crippen molar-refractivity contribution in [2.45, 2.75) is 25.6 Å². The van der Waals surface area contributed by atoms with Crippen LogP contribution in [-0.2, 0) is 12.6 Å². The minimum atomic E-state index is -4.29. The van der Waals surface area contributed by atoms with E-state index >= 15 is 0 Å². The Hall–Kier alpha value is -1.88. The second-order valence-electron chi connectivity index (χ2n) is 4.79. The van der Waals surface area contributed by atoms with E-state index in [0.29, 0.717) is 6.42 Å². The summed E-state index contributed by atoms with van der Waals surface area (Å²) < 4.78 is 37.8. The maximum atomic E-state index is 12.6. The van der Waals surface area contributed by atoms with Crippen molar-refractivity contribution in [2.75, 3.05) is 6.54 Å². The highest BCUT2D eigenvalue weighted by molar-refractivity contribution is 5.28. The quantitative estimate of drug-likeness (QED) is 0.901. The van der Waals surface area contributed by atoms with Gasteiger partial charge < -0.3 is 5.32 Å². The van der Waals surface area contributed by atoms with Crippen LogP contribution in [0.25, 0.3) is 0 Å². The van der Waals surface area contributed by atoms with Crippen LogP contribution in [0.2, 0.25) is 0 Å². The summed E-state index contributed by atoms with van der Waals surface area (Å²) in [6.07, 6.45) is -0.158.